The molecule has 0 atom stereocenters. The van der Waals surface area contributed by atoms with Crippen molar-refractivity contribution in [3.8, 4) is 0 Å². The van der Waals surface area contributed by atoms with Gasteiger partial charge in [-0.2, -0.15) is 0 Å². The second kappa shape index (κ2) is 8.06. The molecule has 0 radical (unpaired) electrons. The van der Waals surface area contributed by atoms with Crippen molar-refractivity contribution in [2.75, 3.05) is 0 Å². The highest BCUT2D eigenvalue weighted by atomic mass is 13.9. The van der Waals surface area contributed by atoms with Crippen molar-refractivity contribution >= 4 is 0 Å². The van der Waals surface area contributed by atoms with Crippen LogP contribution in [-0.4, -0.2) is 0 Å². The smallest absolute Gasteiger partial charge is 0.0248 e. The Morgan fingerprint density at radius 2 is 2.00 bits per heavy atom. The van der Waals surface area contributed by atoms with Gasteiger partial charge in [0.1, 0.15) is 0 Å². The van der Waals surface area contributed by atoms with Crippen LogP contribution in [0.1, 0.15) is 26.7 Å². The van der Waals surface area contributed by atoms with E-state index in [9.17, 15) is 0 Å². The van der Waals surface area contributed by atoms with Crippen LogP contribution in [0.15, 0.2) is 48.6 Å². The van der Waals surface area contributed by atoms with E-state index in [1.165, 1.54) is 5.57 Å². The van der Waals surface area contributed by atoms with Crippen molar-refractivity contribution in [2.24, 2.45) is 0 Å². The molecule has 0 heteroatoms. The minimum Gasteiger partial charge on any atom is -0.0988 e. The predicted octanol–water partition coefficient (Wildman–Crippen LogP) is 4.03. The number of rotatable bonds is 5. The molecule has 0 aromatic heterocycles. The van der Waals surface area contributed by atoms with Crippen molar-refractivity contribution in [3.63, 3.8) is 0 Å². The van der Waals surface area contributed by atoms with Crippen LogP contribution in [0.3, 0.4) is 0 Å². The molecule has 0 nitrogen and oxygen atoms in total. The summed E-state index contributed by atoms with van der Waals surface area (Å²) in [5, 5.41) is 0. The van der Waals surface area contributed by atoms with E-state index in [0.717, 1.165) is 12.8 Å². The molecule has 0 saturated heterocycles. The van der Waals surface area contributed by atoms with E-state index in [1.807, 2.05) is 32.1 Å². The van der Waals surface area contributed by atoms with Crippen LogP contribution in [0.25, 0.3) is 0 Å². The molecule has 0 aliphatic heterocycles. The summed E-state index contributed by atoms with van der Waals surface area (Å²) in [4.78, 5) is 0. The lowest BCUT2D eigenvalue weighted by Gasteiger charge is -1.95. The molecule has 0 aliphatic carbocycles. The average molecular weight is 162 g/mol. The Morgan fingerprint density at radius 3 is 2.50 bits per heavy atom. The second-order valence-electron chi connectivity index (χ2n) is 2.56. The van der Waals surface area contributed by atoms with Crippen molar-refractivity contribution in [1.82, 2.24) is 0 Å². The van der Waals surface area contributed by atoms with Crippen LogP contribution in [0.5, 0.6) is 0 Å². The van der Waals surface area contributed by atoms with E-state index in [1.54, 1.807) is 0 Å². The first-order chi connectivity index (χ1) is 5.85. The van der Waals surface area contributed by atoms with E-state index in [4.69, 9.17) is 0 Å². The van der Waals surface area contributed by atoms with Crippen molar-refractivity contribution in [2.45, 2.75) is 26.7 Å². The SMILES string of the molecule is C=CC(=CC)CCC=CC=CC. The quantitative estimate of drug-likeness (QED) is 0.535. The molecule has 0 fully saturated rings. The lowest BCUT2D eigenvalue weighted by Crippen LogP contribution is -1.75. The van der Waals surface area contributed by atoms with E-state index < -0.39 is 0 Å². The summed E-state index contributed by atoms with van der Waals surface area (Å²) in [6.07, 6.45) is 14.5. The first-order valence-corrected chi connectivity index (χ1v) is 4.40. The largest absolute Gasteiger partial charge is 0.0988 e. The second-order valence-corrected chi connectivity index (χ2v) is 2.56. The highest BCUT2D eigenvalue weighted by Gasteiger charge is 1.85. The Balaban J connectivity index is 3.61. The Labute approximate surface area is 76.0 Å². The zero-order valence-corrected chi connectivity index (χ0v) is 8.09. The maximum Gasteiger partial charge on any atom is -0.0248 e. The molecule has 12 heavy (non-hydrogen) atoms. The minimum atomic E-state index is 1.09. The number of allylic oxidation sites excluding steroid dienone is 7. The third-order valence-corrected chi connectivity index (χ3v) is 1.67. The Morgan fingerprint density at radius 1 is 1.25 bits per heavy atom. The van der Waals surface area contributed by atoms with Gasteiger partial charge in [-0.1, -0.05) is 48.6 Å². The van der Waals surface area contributed by atoms with Crippen LogP contribution >= 0.6 is 0 Å². The molecule has 0 bridgehead atoms. The average Bonchev–Trinajstić information content (AvgIpc) is 2.11. The van der Waals surface area contributed by atoms with Gasteiger partial charge in [-0.3, -0.25) is 0 Å². The molecular formula is C12H18. The fourth-order valence-electron chi connectivity index (χ4n) is 0.900. The Kier molecular flexibility index (Phi) is 7.36. The molecule has 0 aromatic carbocycles. The topological polar surface area (TPSA) is 0 Å². The summed E-state index contributed by atoms with van der Waals surface area (Å²) in [7, 11) is 0. The third kappa shape index (κ3) is 5.72. The summed E-state index contributed by atoms with van der Waals surface area (Å²) in [6, 6.07) is 0. The van der Waals surface area contributed by atoms with E-state index in [-0.39, 0.29) is 0 Å². The molecule has 0 saturated carbocycles. The Hall–Kier alpha value is -1.04. The predicted molar refractivity (Wildman–Crippen MR) is 57.1 cm³/mol. The fraction of sp³-hybridized carbons (Fsp3) is 0.333. The standard InChI is InChI=1S/C12H18/c1-4-7-8-9-10-11-12(5-2)6-3/h4-9H,2,10-11H2,1,3H3. The molecule has 0 aromatic rings. The first kappa shape index (κ1) is 11.0. The maximum atomic E-state index is 3.74. The molecule has 0 rings (SSSR count). The number of hydrogen-bond acceptors (Lipinski definition) is 0. The van der Waals surface area contributed by atoms with Crippen LogP contribution in [0, 0.1) is 0 Å². The molecule has 0 spiro atoms. The van der Waals surface area contributed by atoms with Gasteiger partial charge in [0.25, 0.3) is 0 Å². The van der Waals surface area contributed by atoms with Gasteiger partial charge in [-0.15, -0.1) is 0 Å². The zero-order chi connectivity index (χ0) is 9.23. The molecule has 0 amide bonds. The highest BCUT2D eigenvalue weighted by Crippen LogP contribution is 2.05. The normalized spacial score (nSPS) is 13.0. The van der Waals surface area contributed by atoms with Crippen LogP contribution in [0.2, 0.25) is 0 Å². The minimum absolute atomic E-state index is 1.09. The lowest BCUT2D eigenvalue weighted by atomic mass is 10.1. The highest BCUT2D eigenvalue weighted by molar-refractivity contribution is 5.15. The van der Waals surface area contributed by atoms with Gasteiger partial charge >= 0.3 is 0 Å². The molecule has 0 N–H and O–H groups in total. The molecule has 0 aliphatic rings. The van der Waals surface area contributed by atoms with Crippen LogP contribution < -0.4 is 0 Å². The zero-order valence-electron chi connectivity index (χ0n) is 8.09. The van der Waals surface area contributed by atoms with E-state index in [0.29, 0.717) is 0 Å². The van der Waals surface area contributed by atoms with Crippen molar-refractivity contribution in [1.29, 1.82) is 0 Å². The monoisotopic (exact) mass is 162 g/mol. The van der Waals surface area contributed by atoms with Crippen LogP contribution in [0.4, 0.5) is 0 Å². The van der Waals surface area contributed by atoms with Gasteiger partial charge in [0.05, 0.1) is 0 Å². The molecule has 0 unspecified atom stereocenters. The van der Waals surface area contributed by atoms with E-state index >= 15 is 0 Å². The van der Waals surface area contributed by atoms with Gasteiger partial charge in [0.15, 0.2) is 0 Å². The van der Waals surface area contributed by atoms with Gasteiger partial charge in [0.2, 0.25) is 0 Å². The first-order valence-electron chi connectivity index (χ1n) is 4.40. The molecular weight excluding hydrogens is 144 g/mol. The van der Waals surface area contributed by atoms with Gasteiger partial charge in [0, 0.05) is 0 Å². The molecule has 66 valence electrons. The number of hydrogen-bond donors (Lipinski definition) is 0. The van der Waals surface area contributed by atoms with Crippen LogP contribution in [-0.2, 0) is 0 Å². The summed E-state index contributed by atoms with van der Waals surface area (Å²) in [5.41, 5.74) is 1.32. The summed E-state index contributed by atoms with van der Waals surface area (Å²) in [5.74, 6) is 0. The van der Waals surface area contributed by atoms with Crippen molar-refractivity contribution < 1.29 is 0 Å². The Bertz CT molecular complexity index is 192. The summed E-state index contributed by atoms with van der Waals surface area (Å²) in [6.45, 7) is 7.81. The molecule has 0 heterocycles. The third-order valence-electron chi connectivity index (χ3n) is 1.67. The van der Waals surface area contributed by atoms with Gasteiger partial charge in [-0.25, -0.2) is 0 Å². The van der Waals surface area contributed by atoms with Gasteiger partial charge in [-0.05, 0) is 26.7 Å². The maximum absolute atomic E-state index is 3.74. The summed E-state index contributed by atoms with van der Waals surface area (Å²) >= 11 is 0. The summed E-state index contributed by atoms with van der Waals surface area (Å²) < 4.78 is 0. The lowest BCUT2D eigenvalue weighted by molar-refractivity contribution is 1.00. The van der Waals surface area contributed by atoms with Gasteiger partial charge < -0.3 is 0 Å². The fourth-order valence-corrected chi connectivity index (χ4v) is 0.900. The van der Waals surface area contributed by atoms with E-state index in [2.05, 4.69) is 24.8 Å². The van der Waals surface area contributed by atoms with Crippen molar-refractivity contribution in [3.05, 3.63) is 48.6 Å².